The third kappa shape index (κ3) is 4.18. The molecule has 0 bridgehead atoms. The van der Waals surface area contributed by atoms with Crippen LogP contribution in [0.3, 0.4) is 0 Å². The van der Waals surface area contributed by atoms with Gasteiger partial charge in [0.25, 0.3) is 0 Å². The lowest BCUT2D eigenvalue weighted by Crippen LogP contribution is -2.27. The highest BCUT2D eigenvalue weighted by Gasteiger charge is 2.27. The molecule has 0 aromatic heterocycles. The maximum absolute atomic E-state index is 11.9. The smallest absolute Gasteiger partial charge is 0.412 e. The molecule has 2 amide bonds. The fraction of sp³-hybridized carbons (Fsp3) is 0.467. The molecule has 0 saturated carbocycles. The first-order chi connectivity index (χ1) is 10.7. The Labute approximate surface area is 133 Å². The summed E-state index contributed by atoms with van der Waals surface area (Å²) in [4.78, 5) is 23.0. The molecule has 3 N–H and O–H groups in total. The molecule has 2 rings (SSSR count). The van der Waals surface area contributed by atoms with Gasteiger partial charge in [-0.15, -0.1) is 0 Å². The number of hydrogen-bond acceptors (Lipinski definition) is 6. The van der Waals surface area contributed by atoms with Crippen LogP contribution in [-0.2, 0) is 9.47 Å². The van der Waals surface area contributed by atoms with Crippen LogP contribution in [0.4, 0.5) is 15.3 Å². The number of carbonyl (C=O) groups excluding carboxylic acids is 2. The van der Waals surface area contributed by atoms with E-state index < -0.39 is 23.9 Å². The van der Waals surface area contributed by atoms with Crippen molar-refractivity contribution >= 4 is 17.9 Å². The second-order valence-corrected chi connectivity index (χ2v) is 6.02. The number of ether oxygens (including phenoxy) is 3. The lowest BCUT2D eigenvalue weighted by Gasteiger charge is -2.21. The molecule has 1 aliphatic heterocycles. The third-order valence-corrected chi connectivity index (χ3v) is 3.01. The van der Waals surface area contributed by atoms with Crippen LogP contribution in [-0.4, -0.2) is 36.5 Å². The Hall–Kier alpha value is -2.64. The fourth-order valence-corrected chi connectivity index (χ4v) is 2.05. The van der Waals surface area contributed by atoms with Gasteiger partial charge in [0.1, 0.15) is 11.7 Å². The zero-order chi connectivity index (χ0) is 17.2. The predicted octanol–water partition coefficient (Wildman–Crippen LogP) is 2.53. The maximum Gasteiger partial charge on any atom is 0.412 e. The number of nitrogens with one attached hydrogen (secondary N) is 2. The average Bonchev–Trinajstić information content (AvgIpc) is 2.85. The van der Waals surface area contributed by atoms with Crippen LogP contribution < -0.4 is 15.4 Å². The van der Waals surface area contributed by atoms with Gasteiger partial charge in [-0.1, -0.05) is 0 Å². The number of rotatable bonds is 3. The van der Waals surface area contributed by atoms with Crippen LogP contribution in [0.5, 0.6) is 11.5 Å². The van der Waals surface area contributed by atoms with Gasteiger partial charge in [-0.25, -0.2) is 9.59 Å². The quantitative estimate of drug-likeness (QED) is 0.738. The maximum atomic E-state index is 11.9. The Bertz CT molecular complexity index is 623. The Morgan fingerprint density at radius 1 is 1.43 bits per heavy atom. The number of methoxy groups -OCH3 is 1. The van der Waals surface area contributed by atoms with Gasteiger partial charge in [0.05, 0.1) is 19.3 Å². The van der Waals surface area contributed by atoms with Crippen molar-refractivity contribution in [1.29, 1.82) is 0 Å². The third-order valence-electron chi connectivity index (χ3n) is 3.01. The molecular formula is C15H20N2O6. The zero-order valence-electron chi connectivity index (χ0n) is 13.4. The number of alkyl carbamates (subject to hydrolysis) is 1. The van der Waals surface area contributed by atoms with Gasteiger partial charge < -0.3 is 24.6 Å². The standard InChI is InChI=1S/C15H20N2O6/c1-15(2,3)23-14(20)17-9-5-8(6-10(21-4)12(9)18)11-7-16-13(19)22-11/h5-6,11,18H,7H2,1-4H3,(H,16,19)(H,17,20). The molecule has 1 fully saturated rings. The Balaban J connectivity index is 2.27. The molecule has 0 radical (unpaired) electrons. The summed E-state index contributed by atoms with van der Waals surface area (Å²) in [5, 5.41) is 15.1. The minimum Gasteiger partial charge on any atom is -0.503 e. The first kappa shape index (κ1) is 16.7. The van der Waals surface area contributed by atoms with Crippen molar-refractivity contribution in [3.63, 3.8) is 0 Å². The van der Waals surface area contributed by atoms with Crippen molar-refractivity contribution < 1.29 is 28.9 Å². The van der Waals surface area contributed by atoms with E-state index in [9.17, 15) is 14.7 Å². The van der Waals surface area contributed by atoms with Crippen molar-refractivity contribution in [3.05, 3.63) is 17.7 Å². The Morgan fingerprint density at radius 2 is 2.13 bits per heavy atom. The fourth-order valence-electron chi connectivity index (χ4n) is 2.05. The minimum absolute atomic E-state index is 0.108. The zero-order valence-corrected chi connectivity index (χ0v) is 13.4. The normalized spacial score (nSPS) is 17.2. The van der Waals surface area contributed by atoms with Crippen LogP contribution in [0, 0.1) is 0 Å². The van der Waals surface area contributed by atoms with E-state index in [0.29, 0.717) is 12.1 Å². The number of amides is 2. The van der Waals surface area contributed by atoms with Crippen molar-refractivity contribution in [2.45, 2.75) is 32.5 Å². The molecule has 1 aromatic carbocycles. The summed E-state index contributed by atoms with van der Waals surface area (Å²) in [5.41, 5.74) is 0.00681. The number of carbonyl (C=O) groups is 2. The predicted molar refractivity (Wildman–Crippen MR) is 81.7 cm³/mol. The van der Waals surface area contributed by atoms with E-state index >= 15 is 0 Å². The minimum atomic E-state index is -0.714. The van der Waals surface area contributed by atoms with E-state index in [1.165, 1.54) is 13.2 Å². The first-order valence-corrected chi connectivity index (χ1v) is 7.05. The Morgan fingerprint density at radius 3 is 2.65 bits per heavy atom. The molecular weight excluding hydrogens is 304 g/mol. The average molecular weight is 324 g/mol. The Kier molecular flexibility index (Phi) is 4.53. The summed E-state index contributed by atoms with van der Waals surface area (Å²) in [5.74, 6) is -0.0871. The van der Waals surface area contributed by atoms with Crippen molar-refractivity contribution in [2.75, 3.05) is 19.0 Å². The van der Waals surface area contributed by atoms with Gasteiger partial charge >= 0.3 is 12.2 Å². The summed E-state index contributed by atoms with van der Waals surface area (Å²) >= 11 is 0. The molecule has 1 saturated heterocycles. The molecule has 0 aliphatic carbocycles. The summed E-state index contributed by atoms with van der Waals surface area (Å²) < 4.78 is 15.3. The molecule has 1 aromatic rings. The number of hydrogen-bond donors (Lipinski definition) is 3. The summed E-state index contributed by atoms with van der Waals surface area (Å²) in [6.45, 7) is 5.48. The number of phenols is 1. The molecule has 1 unspecified atom stereocenters. The first-order valence-electron chi connectivity index (χ1n) is 7.05. The van der Waals surface area contributed by atoms with Gasteiger partial charge in [-0.05, 0) is 32.9 Å². The number of cyclic esters (lactones) is 1. The number of anilines is 1. The molecule has 0 spiro atoms. The van der Waals surface area contributed by atoms with E-state index in [1.807, 2.05) is 0 Å². The van der Waals surface area contributed by atoms with Crippen molar-refractivity contribution in [2.24, 2.45) is 0 Å². The highest BCUT2D eigenvalue weighted by Crippen LogP contribution is 2.38. The number of aromatic hydroxyl groups is 1. The van der Waals surface area contributed by atoms with Gasteiger partial charge in [0, 0.05) is 5.56 Å². The molecule has 8 nitrogen and oxygen atoms in total. The monoisotopic (exact) mass is 324 g/mol. The molecule has 23 heavy (non-hydrogen) atoms. The second kappa shape index (κ2) is 6.23. The highest BCUT2D eigenvalue weighted by atomic mass is 16.6. The molecule has 1 heterocycles. The molecule has 1 atom stereocenters. The van der Waals surface area contributed by atoms with Gasteiger partial charge in [0.2, 0.25) is 0 Å². The van der Waals surface area contributed by atoms with Crippen LogP contribution in [0.1, 0.15) is 32.4 Å². The van der Waals surface area contributed by atoms with Crippen LogP contribution in [0.2, 0.25) is 0 Å². The van der Waals surface area contributed by atoms with Gasteiger partial charge in [-0.3, -0.25) is 5.32 Å². The second-order valence-electron chi connectivity index (χ2n) is 6.02. The van der Waals surface area contributed by atoms with Gasteiger partial charge in [-0.2, -0.15) is 0 Å². The van der Waals surface area contributed by atoms with E-state index in [-0.39, 0.29) is 17.2 Å². The van der Waals surface area contributed by atoms with Crippen LogP contribution in [0.15, 0.2) is 12.1 Å². The van der Waals surface area contributed by atoms with Gasteiger partial charge in [0.15, 0.2) is 11.5 Å². The number of benzene rings is 1. The lowest BCUT2D eigenvalue weighted by atomic mass is 10.1. The topological polar surface area (TPSA) is 106 Å². The summed E-state index contributed by atoms with van der Waals surface area (Å²) in [7, 11) is 1.38. The van der Waals surface area contributed by atoms with E-state index in [4.69, 9.17) is 14.2 Å². The van der Waals surface area contributed by atoms with Crippen LogP contribution in [0.25, 0.3) is 0 Å². The molecule has 1 aliphatic rings. The van der Waals surface area contributed by atoms with E-state index in [2.05, 4.69) is 10.6 Å². The van der Waals surface area contributed by atoms with Crippen molar-refractivity contribution in [1.82, 2.24) is 5.32 Å². The van der Waals surface area contributed by atoms with Crippen molar-refractivity contribution in [3.8, 4) is 11.5 Å². The van der Waals surface area contributed by atoms with Crippen LogP contribution >= 0.6 is 0 Å². The highest BCUT2D eigenvalue weighted by molar-refractivity contribution is 5.88. The number of phenolic OH excluding ortho intramolecular Hbond substituents is 1. The van der Waals surface area contributed by atoms with E-state index in [1.54, 1.807) is 26.8 Å². The summed E-state index contributed by atoms with van der Waals surface area (Å²) in [6.07, 6.45) is -1.77. The molecule has 8 heteroatoms. The molecule has 126 valence electrons. The summed E-state index contributed by atoms with van der Waals surface area (Å²) in [6, 6.07) is 3.05. The van der Waals surface area contributed by atoms with E-state index in [0.717, 1.165) is 0 Å². The largest absolute Gasteiger partial charge is 0.503 e. The lowest BCUT2D eigenvalue weighted by molar-refractivity contribution is 0.0635. The SMILES string of the molecule is COc1cc(C2CNC(=O)O2)cc(NC(=O)OC(C)(C)C)c1O.